The number of carbonyl (C=O) groups is 1. The molecule has 1 aliphatic carbocycles. The smallest absolute Gasteiger partial charge is 0.245 e. The van der Waals surface area contributed by atoms with Gasteiger partial charge < -0.3 is 30.6 Å². The van der Waals surface area contributed by atoms with Crippen LogP contribution in [0, 0.1) is 16.7 Å². The Hall–Kier alpha value is -3.43. The van der Waals surface area contributed by atoms with E-state index in [4.69, 9.17) is 37.4 Å². The highest BCUT2D eigenvalue weighted by atomic mass is 35.5. The molecule has 2 unspecified atom stereocenters. The summed E-state index contributed by atoms with van der Waals surface area (Å²) < 4.78 is 6.17. The minimum atomic E-state index is -0.228. The number of amides is 1. The van der Waals surface area contributed by atoms with Crippen molar-refractivity contribution in [2.45, 2.75) is 44.4 Å². The quantitative estimate of drug-likeness (QED) is 0.358. The molecule has 3 aliphatic heterocycles. The van der Waals surface area contributed by atoms with Crippen LogP contribution in [0.1, 0.15) is 55.8 Å². The SMILES string of the molecule is C=CC(=O)N1CC2(CCN(c3nc(C4CCN(C)CC4)nc4c(OC)c(C5C(C=N)=C(N)C=CC5C)c(Cl)cc34)CC2)C1. The van der Waals surface area contributed by atoms with E-state index in [2.05, 4.69) is 36.4 Å². The summed E-state index contributed by atoms with van der Waals surface area (Å²) in [7, 11) is 3.83. The third-order valence-electron chi connectivity index (χ3n) is 10.1. The normalized spacial score (nSPS) is 24.4. The van der Waals surface area contributed by atoms with Gasteiger partial charge >= 0.3 is 0 Å². The van der Waals surface area contributed by atoms with Gasteiger partial charge in [0, 0.05) is 76.9 Å². The number of nitrogens with one attached hydrogen (secondary N) is 1. The topological polar surface area (TPSA) is 112 Å². The Labute approximate surface area is 258 Å². The van der Waals surface area contributed by atoms with E-state index in [9.17, 15) is 4.79 Å². The predicted molar refractivity (Wildman–Crippen MR) is 172 cm³/mol. The number of fused-ring (bicyclic) bond motifs is 1. The third kappa shape index (κ3) is 5.20. The molecule has 4 heterocycles. The van der Waals surface area contributed by atoms with Crippen molar-refractivity contribution < 1.29 is 9.53 Å². The maximum absolute atomic E-state index is 12.1. The number of likely N-dealkylation sites (tertiary alicyclic amines) is 2. The maximum atomic E-state index is 12.1. The Balaban J connectivity index is 1.44. The fourth-order valence-corrected chi connectivity index (χ4v) is 7.79. The van der Waals surface area contributed by atoms with Gasteiger partial charge in [-0.3, -0.25) is 4.79 Å². The minimum absolute atomic E-state index is 0.0145. The fraction of sp³-hybridized carbons (Fsp3) is 0.515. The lowest BCUT2D eigenvalue weighted by molar-refractivity contribution is -0.139. The molecule has 1 spiro atoms. The molecule has 10 heteroatoms. The molecule has 0 radical (unpaired) electrons. The van der Waals surface area contributed by atoms with Crippen molar-refractivity contribution in [3.8, 4) is 5.75 Å². The second kappa shape index (κ2) is 11.6. The third-order valence-corrected chi connectivity index (χ3v) is 10.4. The van der Waals surface area contributed by atoms with Crippen LogP contribution in [0.2, 0.25) is 5.02 Å². The Morgan fingerprint density at radius 3 is 2.53 bits per heavy atom. The Morgan fingerprint density at radius 2 is 1.91 bits per heavy atom. The summed E-state index contributed by atoms with van der Waals surface area (Å²) in [6.07, 6.45) is 10.7. The molecular weight excluding hydrogens is 562 g/mol. The minimum Gasteiger partial charge on any atom is -0.494 e. The van der Waals surface area contributed by atoms with Gasteiger partial charge in [0.1, 0.15) is 17.2 Å². The molecule has 2 aromatic rings. The van der Waals surface area contributed by atoms with Gasteiger partial charge in [0.25, 0.3) is 0 Å². The van der Waals surface area contributed by atoms with Crippen molar-refractivity contribution in [1.29, 1.82) is 5.41 Å². The molecule has 9 nitrogen and oxygen atoms in total. The number of benzene rings is 1. The van der Waals surface area contributed by atoms with Gasteiger partial charge in [0.15, 0.2) is 5.75 Å². The number of hydrogen-bond acceptors (Lipinski definition) is 8. The van der Waals surface area contributed by atoms with Crippen LogP contribution in [0.4, 0.5) is 5.82 Å². The lowest BCUT2D eigenvalue weighted by Gasteiger charge is -2.54. The van der Waals surface area contributed by atoms with Gasteiger partial charge in [-0.1, -0.05) is 31.2 Å². The summed E-state index contributed by atoms with van der Waals surface area (Å²) in [5.41, 5.74) is 9.39. The van der Waals surface area contributed by atoms with E-state index in [1.165, 1.54) is 12.3 Å². The first-order valence-corrected chi connectivity index (χ1v) is 15.7. The Morgan fingerprint density at radius 1 is 1.21 bits per heavy atom. The van der Waals surface area contributed by atoms with Gasteiger partial charge in [-0.15, -0.1) is 0 Å². The molecular formula is C33H42ClN7O2. The number of nitrogens with two attached hydrogens (primary N) is 1. The standard InChI is InChI=1S/C33H42ClN7O2/c1-5-26(42)41-18-33(19-41)10-14-40(15-11-33)32-22-16-24(34)28(27-20(2)6-7-25(36)23(27)17-35)30(43-4)29(22)37-31(38-32)21-8-12-39(3)13-9-21/h5-7,16-17,20-21,27,35H,1,8-15,18-19,36H2,2-4H3. The van der Waals surface area contributed by atoms with Gasteiger partial charge in [-0.05, 0) is 70.0 Å². The van der Waals surface area contributed by atoms with E-state index in [1.807, 2.05) is 17.0 Å². The molecule has 228 valence electrons. The van der Waals surface area contributed by atoms with Crippen molar-refractivity contribution in [1.82, 2.24) is 19.8 Å². The largest absolute Gasteiger partial charge is 0.494 e. The summed E-state index contributed by atoms with van der Waals surface area (Å²) in [4.78, 5) is 29.2. The zero-order valence-electron chi connectivity index (χ0n) is 25.4. The lowest BCUT2D eigenvalue weighted by atomic mass is 9.72. The summed E-state index contributed by atoms with van der Waals surface area (Å²) in [5.74, 6) is 2.50. The average Bonchev–Trinajstić information content (AvgIpc) is 3.00. The number of halogens is 1. The number of methoxy groups -OCH3 is 1. The van der Waals surface area contributed by atoms with Crippen LogP contribution in [0.15, 0.2) is 42.1 Å². The van der Waals surface area contributed by atoms with Crippen molar-refractivity contribution in [3.05, 3.63) is 58.6 Å². The fourth-order valence-electron chi connectivity index (χ4n) is 7.48. The molecule has 0 saturated carbocycles. The highest BCUT2D eigenvalue weighted by Gasteiger charge is 2.46. The monoisotopic (exact) mass is 603 g/mol. The van der Waals surface area contributed by atoms with E-state index >= 15 is 0 Å². The number of piperidine rings is 2. The average molecular weight is 604 g/mol. The number of nitrogens with zero attached hydrogens (tertiary/aromatic N) is 5. The summed E-state index contributed by atoms with van der Waals surface area (Å²) in [6, 6.07) is 1.99. The first-order valence-electron chi connectivity index (χ1n) is 15.3. The molecule has 2 atom stereocenters. The molecule has 3 N–H and O–H groups in total. The number of allylic oxidation sites excluding steroid dienone is 3. The molecule has 3 saturated heterocycles. The molecule has 3 fully saturated rings. The highest BCUT2D eigenvalue weighted by Crippen LogP contribution is 2.49. The summed E-state index contributed by atoms with van der Waals surface area (Å²) in [6.45, 7) is 11.0. The molecule has 0 bridgehead atoms. The van der Waals surface area contributed by atoms with Crippen LogP contribution in [-0.2, 0) is 4.79 Å². The highest BCUT2D eigenvalue weighted by molar-refractivity contribution is 6.33. The summed E-state index contributed by atoms with van der Waals surface area (Å²) in [5, 5.41) is 9.61. The number of hydrogen-bond donors (Lipinski definition) is 2. The predicted octanol–water partition coefficient (Wildman–Crippen LogP) is 4.87. The van der Waals surface area contributed by atoms with Crippen molar-refractivity contribution in [3.63, 3.8) is 0 Å². The summed E-state index contributed by atoms with van der Waals surface area (Å²) >= 11 is 7.14. The van der Waals surface area contributed by atoms with Crippen LogP contribution < -0.4 is 15.4 Å². The van der Waals surface area contributed by atoms with Crippen LogP contribution in [0.25, 0.3) is 10.9 Å². The van der Waals surface area contributed by atoms with Crippen molar-refractivity contribution in [2.75, 3.05) is 58.3 Å². The van der Waals surface area contributed by atoms with Crippen LogP contribution in [0.3, 0.4) is 0 Å². The van der Waals surface area contributed by atoms with Crippen LogP contribution in [0.5, 0.6) is 5.75 Å². The first kappa shape index (κ1) is 29.6. The van der Waals surface area contributed by atoms with Crippen molar-refractivity contribution in [2.24, 2.45) is 17.1 Å². The van der Waals surface area contributed by atoms with Crippen LogP contribution >= 0.6 is 11.6 Å². The lowest BCUT2D eigenvalue weighted by Crippen LogP contribution is -2.61. The maximum Gasteiger partial charge on any atom is 0.245 e. The van der Waals surface area contributed by atoms with Gasteiger partial charge in [-0.2, -0.15) is 0 Å². The van der Waals surface area contributed by atoms with Gasteiger partial charge in [0.2, 0.25) is 5.91 Å². The number of aromatic nitrogens is 2. The van der Waals surface area contributed by atoms with Gasteiger partial charge in [-0.25, -0.2) is 9.97 Å². The second-order valence-corrected chi connectivity index (χ2v) is 13.2. The van der Waals surface area contributed by atoms with Crippen molar-refractivity contribution >= 4 is 40.4 Å². The van der Waals surface area contributed by atoms with E-state index in [-0.39, 0.29) is 29.1 Å². The molecule has 1 aromatic carbocycles. The van der Waals surface area contributed by atoms with E-state index in [0.29, 0.717) is 16.5 Å². The van der Waals surface area contributed by atoms with E-state index in [1.54, 1.807) is 7.11 Å². The molecule has 1 aromatic heterocycles. The van der Waals surface area contributed by atoms with Crippen LogP contribution in [-0.4, -0.2) is 85.3 Å². The van der Waals surface area contributed by atoms with Gasteiger partial charge in [0.05, 0.1) is 7.11 Å². The number of ether oxygens (including phenoxy) is 1. The number of rotatable bonds is 6. The first-order chi connectivity index (χ1) is 20.7. The second-order valence-electron chi connectivity index (χ2n) is 12.8. The number of anilines is 1. The molecule has 4 aliphatic rings. The zero-order valence-corrected chi connectivity index (χ0v) is 26.2. The Bertz CT molecular complexity index is 1510. The molecule has 1 amide bonds. The zero-order chi connectivity index (χ0) is 30.5. The number of carbonyl (C=O) groups excluding carboxylic acids is 1. The molecule has 6 rings (SSSR count). The van der Waals surface area contributed by atoms with E-state index < -0.39 is 0 Å². The van der Waals surface area contributed by atoms with E-state index in [0.717, 1.165) is 98.6 Å². The molecule has 43 heavy (non-hydrogen) atoms. The Kier molecular flexibility index (Phi) is 7.98.